The lowest BCUT2D eigenvalue weighted by molar-refractivity contribution is 0.0411. The zero-order valence-corrected chi connectivity index (χ0v) is 6.58. The average molecular weight is 188 g/mol. The zero-order chi connectivity index (χ0) is 9.84. The third-order valence-corrected chi connectivity index (χ3v) is 1.53. The fourth-order valence-corrected chi connectivity index (χ4v) is 0.876. The second-order valence-corrected chi connectivity index (χ2v) is 2.47. The number of carbonyl (C=O) groups excluding carboxylic acids is 1. The summed E-state index contributed by atoms with van der Waals surface area (Å²) in [5, 5.41) is 0. The summed E-state index contributed by atoms with van der Waals surface area (Å²) in [4.78, 5) is 10.9. The number of hydrogen-bond acceptors (Lipinski definition) is 1. The van der Waals surface area contributed by atoms with Crippen molar-refractivity contribution in [2.45, 2.75) is 12.6 Å². The van der Waals surface area contributed by atoms with E-state index in [4.69, 9.17) is 0 Å². The van der Waals surface area contributed by atoms with E-state index in [1.165, 1.54) is 24.3 Å². The lowest BCUT2D eigenvalue weighted by Crippen LogP contribution is -2.23. The van der Waals surface area contributed by atoms with Crippen molar-refractivity contribution in [2.24, 2.45) is 0 Å². The second kappa shape index (κ2) is 4.07. The van der Waals surface area contributed by atoms with Crippen molar-refractivity contribution in [2.75, 3.05) is 0 Å². The van der Waals surface area contributed by atoms with Gasteiger partial charge in [-0.15, -0.1) is 0 Å². The molecule has 13 heavy (non-hydrogen) atoms. The summed E-state index contributed by atoms with van der Waals surface area (Å²) >= 11 is 0. The molecule has 1 nitrogen and oxygen atoms in total. The van der Waals surface area contributed by atoms with E-state index < -0.39 is 18.4 Å². The number of hydrogen-bond donors (Lipinski definition) is 0. The van der Waals surface area contributed by atoms with Crippen molar-refractivity contribution in [3.63, 3.8) is 0 Å². The first kappa shape index (κ1) is 9.77. The highest BCUT2D eigenvalue weighted by atomic mass is 19.3. The van der Waals surface area contributed by atoms with Gasteiger partial charge in [-0.1, -0.05) is 30.3 Å². The van der Waals surface area contributed by atoms with E-state index in [1.807, 2.05) is 0 Å². The third-order valence-electron chi connectivity index (χ3n) is 1.53. The molecule has 0 N–H and O–H groups in total. The number of rotatable bonds is 3. The molecule has 0 saturated carbocycles. The minimum atomic E-state index is -3.26. The monoisotopic (exact) mass is 188 g/mol. The van der Waals surface area contributed by atoms with Crippen molar-refractivity contribution < 1.29 is 18.0 Å². The average Bonchev–Trinajstić information content (AvgIpc) is 2.17. The SMILES string of the molecule is O=C(c1ccccc1)C(F)C(F)F. The maximum Gasteiger partial charge on any atom is 0.276 e. The van der Waals surface area contributed by atoms with E-state index in [0.717, 1.165) is 0 Å². The first-order valence-corrected chi connectivity index (χ1v) is 3.64. The molecule has 0 saturated heterocycles. The topological polar surface area (TPSA) is 17.1 Å². The van der Waals surface area contributed by atoms with Crippen LogP contribution in [0.3, 0.4) is 0 Å². The molecule has 0 fully saturated rings. The van der Waals surface area contributed by atoms with Gasteiger partial charge in [0.1, 0.15) is 0 Å². The summed E-state index contributed by atoms with van der Waals surface area (Å²) in [6.07, 6.45) is -5.98. The molecule has 1 aromatic rings. The first-order valence-electron chi connectivity index (χ1n) is 3.64. The normalized spacial score (nSPS) is 12.9. The minimum absolute atomic E-state index is 0.0321. The number of carbonyl (C=O) groups is 1. The van der Waals surface area contributed by atoms with Gasteiger partial charge >= 0.3 is 0 Å². The molecule has 1 aromatic carbocycles. The lowest BCUT2D eigenvalue weighted by Gasteiger charge is -2.04. The summed E-state index contributed by atoms with van der Waals surface area (Å²) in [6, 6.07) is 7.21. The summed E-state index contributed by atoms with van der Waals surface area (Å²) in [5.41, 5.74) is -0.0321. The van der Waals surface area contributed by atoms with Crippen molar-refractivity contribution in [3.05, 3.63) is 35.9 Å². The van der Waals surface area contributed by atoms with Gasteiger partial charge < -0.3 is 0 Å². The highest BCUT2D eigenvalue weighted by Gasteiger charge is 2.28. The van der Waals surface area contributed by atoms with Crippen molar-refractivity contribution in [1.82, 2.24) is 0 Å². The van der Waals surface area contributed by atoms with Crippen molar-refractivity contribution >= 4 is 5.78 Å². The van der Waals surface area contributed by atoms with Crippen LogP contribution in [0.25, 0.3) is 0 Å². The summed E-state index contributed by atoms with van der Waals surface area (Å²) in [5.74, 6) is -1.17. The van der Waals surface area contributed by atoms with Crippen LogP contribution < -0.4 is 0 Å². The van der Waals surface area contributed by atoms with Crippen LogP contribution in [0.2, 0.25) is 0 Å². The number of ketones is 1. The fraction of sp³-hybridized carbons (Fsp3) is 0.222. The van der Waals surface area contributed by atoms with Gasteiger partial charge in [-0.3, -0.25) is 4.79 Å². The number of halogens is 3. The van der Waals surface area contributed by atoms with E-state index in [9.17, 15) is 18.0 Å². The Hall–Kier alpha value is -1.32. The molecule has 0 spiro atoms. The predicted octanol–water partition coefficient (Wildman–Crippen LogP) is 2.47. The number of Topliss-reactive ketones (excluding diaryl/α,β-unsaturated/α-hetero) is 1. The van der Waals surface area contributed by atoms with Gasteiger partial charge in [-0.2, -0.15) is 0 Å². The van der Waals surface area contributed by atoms with Crippen LogP contribution in [0.5, 0.6) is 0 Å². The Morgan fingerprint density at radius 1 is 1.08 bits per heavy atom. The van der Waals surface area contributed by atoms with Crippen LogP contribution in [0.15, 0.2) is 30.3 Å². The standard InChI is InChI=1S/C9H7F3O/c10-7(9(11)12)8(13)6-4-2-1-3-5-6/h1-5,7,9H. The molecular weight excluding hydrogens is 181 g/mol. The molecule has 1 rings (SSSR count). The molecule has 1 unspecified atom stereocenters. The Bertz CT molecular complexity index is 284. The van der Waals surface area contributed by atoms with Crippen molar-refractivity contribution in [1.29, 1.82) is 0 Å². The summed E-state index contributed by atoms with van der Waals surface area (Å²) in [7, 11) is 0. The molecule has 0 aliphatic rings. The van der Waals surface area contributed by atoms with Crippen LogP contribution in [-0.2, 0) is 0 Å². The highest BCUT2D eigenvalue weighted by molar-refractivity contribution is 5.99. The molecule has 0 radical (unpaired) electrons. The van der Waals surface area contributed by atoms with E-state index in [1.54, 1.807) is 6.07 Å². The van der Waals surface area contributed by atoms with E-state index in [2.05, 4.69) is 0 Å². The Balaban J connectivity index is 2.80. The maximum atomic E-state index is 12.5. The van der Waals surface area contributed by atoms with Gasteiger partial charge in [-0.05, 0) is 0 Å². The quantitative estimate of drug-likeness (QED) is 0.666. The number of benzene rings is 1. The van der Waals surface area contributed by atoms with Gasteiger partial charge in [-0.25, -0.2) is 13.2 Å². The minimum Gasteiger partial charge on any atom is -0.291 e. The van der Waals surface area contributed by atoms with Crippen LogP contribution in [0.4, 0.5) is 13.2 Å². The molecule has 4 heteroatoms. The molecule has 0 aliphatic carbocycles. The smallest absolute Gasteiger partial charge is 0.276 e. The molecular formula is C9H7F3O. The van der Waals surface area contributed by atoms with Gasteiger partial charge in [0, 0.05) is 5.56 Å². The van der Waals surface area contributed by atoms with Crippen LogP contribution in [0, 0.1) is 0 Å². The largest absolute Gasteiger partial charge is 0.291 e. The second-order valence-electron chi connectivity index (χ2n) is 2.47. The fourth-order valence-electron chi connectivity index (χ4n) is 0.876. The first-order chi connectivity index (χ1) is 6.13. The molecule has 1 atom stereocenters. The van der Waals surface area contributed by atoms with Gasteiger partial charge in [0.05, 0.1) is 0 Å². The lowest BCUT2D eigenvalue weighted by atomic mass is 10.1. The Kier molecular flexibility index (Phi) is 3.06. The van der Waals surface area contributed by atoms with Gasteiger partial charge in [0.25, 0.3) is 6.43 Å². The van der Waals surface area contributed by atoms with E-state index >= 15 is 0 Å². The molecule has 0 aromatic heterocycles. The molecule has 0 heterocycles. The van der Waals surface area contributed by atoms with E-state index in [0.29, 0.717) is 0 Å². The maximum absolute atomic E-state index is 12.5. The van der Waals surface area contributed by atoms with Crippen LogP contribution >= 0.6 is 0 Å². The Morgan fingerprint density at radius 2 is 1.62 bits per heavy atom. The van der Waals surface area contributed by atoms with E-state index in [-0.39, 0.29) is 5.56 Å². The molecule has 70 valence electrons. The summed E-state index contributed by atoms with van der Waals surface area (Å²) < 4.78 is 36.0. The molecule has 0 bridgehead atoms. The molecule has 0 aliphatic heterocycles. The van der Waals surface area contributed by atoms with Crippen LogP contribution in [-0.4, -0.2) is 18.4 Å². The third kappa shape index (κ3) is 2.31. The zero-order valence-electron chi connectivity index (χ0n) is 6.58. The predicted molar refractivity (Wildman–Crippen MR) is 41.7 cm³/mol. The summed E-state index contributed by atoms with van der Waals surface area (Å²) in [6.45, 7) is 0. The van der Waals surface area contributed by atoms with Gasteiger partial charge in [0.2, 0.25) is 12.0 Å². The Labute approximate surface area is 73.2 Å². The van der Waals surface area contributed by atoms with Crippen LogP contribution in [0.1, 0.15) is 10.4 Å². The highest BCUT2D eigenvalue weighted by Crippen LogP contribution is 2.12. The van der Waals surface area contributed by atoms with Crippen molar-refractivity contribution in [3.8, 4) is 0 Å². The Morgan fingerprint density at radius 3 is 2.08 bits per heavy atom. The molecule has 0 amide bonds. The number of alkyl halides is 3. The van der Waals surface area contributed by atoms with Gasteiger partial charge in [0.15, 0.2) is 0 Å².